The monoisotopic (exact) mass is 499 g/mol. The van der Waals surface area contributed by atoms with Crippen LogP contribution in [0.25, 0.3) is 16.8 Å². The second-order valence-corrected chi connectivity index (χ2v) is 11.2. The molecular formula is C29H37N7O. The van der Waals surface area contributed by atoms with Crippen LogP contribution in [-0.2, 0) is 4.79 Å². The number of hydrogen-bond acceptors (Lipinski definition) is 6. The third-order valence-corrected chi connectivity index (χ3v) is 8.49. The number of hydrogen-bond donors (Lipinski definition) is 1. The highest BCUT2D eigenvalue weighted by atomic mass is 16.2. The van der Waals surface area contributed by atoms with Gasteiger partial charge in [0.25, 0.3) is 0 Å². The van der Waals surface area contributed by atoms with Crippen molar-refractivity contribution in [2.45, 2.75) is 51.5 Å². The lowest BCUT2D eigenvalue weighted by atomic mass is 9.82. The number of piperidine rings is 1. The molecule has 194 valence electrons. The van der Waals surface area contributed by atoms with Crippen LogP contribution >= 0.6 is 0 Å². The molecule has 1 aliphatic carbocycles. The largest absolute Gasteiger partial charge is 0.366 e. The van der Waals surface area contributed by atoms with Crippen molar-refractivity contribution in [1.82, 2.24) is 24.4 Å². The molecule has 5 heterocycles. The molecule has 6 rings (SSSR count). The van der Waals surface area contributed by atoms with Crippen molar-refractivity contribution in [1.29, 1.82) is 5.41 Å². The van der Waals surface area contributed by atoms with E-state index in [1.54, 1.807) is 0 Å². The highest BCUT2D eigenvalue weighted by molar-refractivity contribution is 5.97. The number of likely N-dealkylation sites (tertiary alicyclic amines) is 1. The van der Waals surface area contributed by atoms with Gasteiger partial charge < -0.3 is 20.1 Å². The van der Waals surface area contributed by atoms with Gasteiger partial charge in [0.2, 0.25) is 5.91 Å². The van der Waals surface area contributed by atoms with Crippen LogP contribution < -0.4 is 4.90 Å². The van der Waals surface area contributed by atoms with Crippen molar-refractivity contribution >= 4 is 22.8 Å². The van der Waals surface area contributed by atoms with Gasteiger partial charge in [-0.15, -0.1) is 0 Å². The highest BCUT2D eigenvalue weighted by Gasteiger charge is 2.34. The molecule has 3 aliphatic rings. The molecule has 3 aromatic heterocycles. The lowest BCUT2D eigenvalue weighted by Gasteiger charge is -2.39. The fourth-order valence-electron chi connectivity index (χ4n) is 6.11. The van der Waals surface area contributed by atoms with E-state index in [1.165, 1.54) is 24.9 Å². The molecule has 0 spiro atoms. The minimum atomic E-state index is 0.0333. The summed E-state index contributed by atoms with van der Waals surface area (Å²) in [6.07, 6.45) is 9.75. The van der Waals surface area contributed by atoms with Gasteiger partial charge in [-0.05, 0) is 75.8 Å². The topological polar surface area (TPSA) is 80.8 Å². The van der Waals surface area contributed by atoms with Gasteiger partial charge in [-0.1, -0.05) is 6.07 Å². The third-order valence-electron chi connectivity index (χ3n) is 8.49. The first-order valence-electron chi connectivity index (χ1n) is 13.7. The van der Waals surface area contributed by atoms with E-state index in [-0.39, 0.29) is 11.8 Å². The van der Waals surface area contributed by atoms with E-state index in [4.69, 9.17) is 10.4 Å². The second kappa shape index (κ2) is 9.89. The quantitative estimate of drug-likeness (QED) is 0.573. The van der Waals surface area contributed by atoms with E-state index >= 15 is 0 Å². The molecule has 0 bridgehead atoms. The molecule has 0 radical (unpaired) electrons. The van der Waals surface area contributed by atoms with Gasteiger partial charge in [-0.25, -0.2) is 4.52 Å². The van der Waals surface area contributed by atoms with E-state index < -0.39 is 0 Å². The maximum atomic E-state index is 12.7. The Morgan fingerprint density at radius 1 is 1.08 bits per heavy atom. The highest BCUT2D eigenvalue weighted by Crippen LogP contribution is 2.31. The predicted octanol–water partition coefficient (Wildman–Crippen LogP) is 4.06. The summed E-state index contributed by atoms with van der Waals surface area (Å²) < 4.78 is 1.94. The first-order valence-corrected chi connectivity index (χ1v) is 13.7. The number of amides is 1. The lowest BCUT2D eigenvalue weighted by molar-refractivity contribution is -0.136. The van der Waals surface area contributed by atoms with Crippen molar-refractivity contribution in [2.24, 2.45) is 5.92 Å². The normalized spacial score (nSPS) is 23.1. The molecule has 0 unspecified atom stereocenters. The maximum absolute atomic E-state index is 12.7. The minimum absolute atomic E-state index is 0.0333. The van der Waals surface area contributed by atoms with Gasteiger partial charge in [0, 0.05) is 74.5 Å². The van der Waals surface area contributed by atoms with E-state index in [2.05, 4.69) is 65.4 Å². The summed E-state index contributed by atoms with van der Waals surface area (Å²) in [7, 11) is 0. The van der Waals surface area contributed by atoms with Gasteiger partial charge in [-0.3, -0.25) is 9.78 Å². The molecule has 2 saturated heterocycles. The summed E-state index contributed by atoms with van der Waals surface area (Å²) in [6, 6.07) is 9.26. The Hall–Kier alpha value is -3.26. The number of fused-ring (bicyclic) bond motifs is 1. The number of carbonyl (C=O) groups is 1. The molecule has 1 saturated carbocycles. The number of pyridine rings is 1. The third kappa shape index (κ3) is 4.75. The first kappa shape index (κ1) is 24.1. The summed E-state index contributed by atoms with van der Waals surface area (Å²) in [5, 5.41) is 12.2. The van der Waals surface area contributed by atoms with E-state index in [9.17, 15) is 4.79 Å². The summed E-state index contributed by atoms with van der Waals surface area (Å²) >= 11 is 0. The molecule has 1 amide bonds. The van der Waals surface area contributed by atoms with Crippen LogP contribution in [0.2, 0.25) is 0 Å². The maximum Gasteiger partial charge on any atom is 0.226 e. The van der Waals surface area contributed by atoms with Crippen LogP contribution in [0.3, 0.4) is 0 Å². The van der Waals surface area contributed by atoms with Crippen LogP contribution in [0, 0.1) is 11.3 Å². The number of nitrogens with zero attached hydrogens (tertiary/aromatic N) is 6. The molecule has 1 N–H and O–H groups in total. The molecule has 0 aromatic carbocycles. The Kier molecular flexibility index (Phi) is 6.44. The average Bonchev–Trinajstić information content (AvgIpc) is 3.36. The van der Waals surface area contributed by atoms with Crippen LogP contribution in [-0.4, -0.2) is 81.3 Å². The first-order chi connectivity index (χ1) is 18.0. The fraction of sp³-hybridized carbons (Fsp3) is 0.517. The molecular weight excluding hydrogens is 462 g/mol. The zero-order valence-corrected chi connectivity index (χ0v) is 21.9. The Labute approximate surface area is 218 Å². The predicted molar refractivity (Wildman–Crippen MR) is 146 cm³/mol. The zero-order valence-electron chi connectivity index (χ0n) is 21.9. The minimum Gasteiger partial charge on any atom is -0.366 e. The molecule has 3 aromatic rings. The second-order valence-electron chi connectivity index (χ2n) is 11.2. The molecule has 3 fully saturated rings. The number of carbonyl (C=O) groups excluding carboxylic acids is 1. The van der Waals surface area contributed by atoms with E-state index in [0.29, 0.717) is 30.5 Å². The molecule has 8 nitrogen and oxygen atoms in total. The van der Waals surface area contributed by atoms with Crippen molar-refractivity contribution in [3.05, 3.63) is 48.4 Å². The van der Waals surface area contributed by atoms with Crippen LogP contribution in [0.15, 0.2) is 42.9 Å². The molecule has 8 heteroatoms. The smallest absolute Gasteiger partial charge is 0.226 e. The lowest BCUT2D eigenvalue weighted by Crippen LogP contribution is -2.52. The Morgan fingerprint density at radius 2 is 1.89 bits per heavy atom. The summed E-state index contributed by atoms with van der Waals surface area (Å²) in [4.78, 5) is 24.5. The van der Waals surface area contributed by atoms with Gasteiger partial charge >= 0.3 is 0 Å². The number of anilines is 1. The summed E-state index contributed by atoms with van der Waals surface area (Å²) in [5.41, 5.74) is 6.29. The number of rotatable bonds is 5. The molecule has 2 aliphatic heterocycles. The summed E-state index contributed by atoms with van der Waals surface area (Å²) in [5.74, 6) is 0.812. The SMILES string of the molecule is CC(C)N1CCC[C@H](c2ccc(-c3cc4c(N5CCN(C(=O)C6CC(=N)C6)CC5)ccnn4c3)nc2)C1. The van der Waals surface area contributed by atoms with Crippen molar-refractivity contribution in [2.75, 3.05) is 44.2 Å². The Bertz CT molecular complexity index is 1280. The van der Waals surface area contributed by atoms with E-state index in [1.807, 2.05) is 15.6 Å². The number of nitrogens with one attached hydrogen (secondary N) is 1. The van der Waals surface area contributed by atoms with Gasteiger partial charge in [0.1, 0.15) is 0 Å². The van der Waals surface area contributed by atoms with Crippen molar-refractivity contribution < 1.29 is 4.79 Å². The molecule has 37 heavy (non-hydrogen) atoms. The van der Waals surface area contributed by atoms with Crippen LogP contribution in [0.5, 0.6) is 0 Å². The van der Waals surface area contributed by atoms with Crippen LogP contribution in [0.1, 0.15) is 51.0 Å². The van der Waals surface area contributed by atoms with Gasteiger partial charge in [0.15, 0.2) is 0 Å². The Balaban J connectivity index is 1.16. The van der Waals surface area contributed by atoms with Gasteiger partial charge in [-0.2, -0.15) is 5.10 Å². The van der Waals surface area contributed by atoms with Gasteiger partial charge in [0.05, 0.1) is 16.9 Å². The Morgan fingerprint density at radius 3 is 2.59 bits per heavy atom. The van der Waals surface area contributed by atoms with Crippen molar-refractivity contribution in [3.63, 3.8) is 0 Å². The molecule has 1 atom stereocenters. The van der Waals surface area contributed by atoms with E-state index in [0.717, 1.165) is 55.2 Å². The summed E-state index contributed by atoms with van der Waals surface area (Å²) in [6.45, 7) is 9.94. The standard InChI is InChI=1S/C29H37N7O/c1-20(2)35-9-3-4-22(18-35)21-5-6-26(31-17-21)24-16-28-27(7-8-32-36(28)19-24)33-10-12-34(13-11-33)29(37)23-14-25(30)15-23/h5-8,16-17,19-20,22-23,30H,3-4,9-15,18H2,1-2H3/t22-,23?/m0/s1. The zero-order chi connectivity index (χ0) is 25.5. The van der Waals surface area contributed by atoms with Crippen molar-refractivity contribution in [3.8, 4) is 11.3 Å². The fourth-order valence-corrected chi connectivity index (χ4v) is 6.11. The average molecular weight is 500 g/mol. The van der Waals surface area contributed by atoms with Crippen LogP contribution in [0.4, 0.5) is 5.69 Å². The number of aromatic nitrogens is 3. The number of piperazine rings is 1.